The summed E-state index contributed by atoms with van der Waals surface area (Å²) < 4.78 is 40.4. The molecule has 3 rings (SSSR count). The lowest BCUT2D eigenvalue weighted by Gasteiger charge is -2.23. The van der Waals surface area contributed by atoms with E-state index in [4.69, 9.17) is 4.84 Å². The van der Waals surface area contributed by atoms with Gasteiger partial charge >= 0.3 is 6.18 Å². The van der Waals surface area contributed by atoms with Crippen LogP contribution < -0.4 is 0 Å². The van der Waals surface area contributed by atoms with Crippen LogP contribution in [0.5, 0.6) is 0 Å². The zero-order chi connectivity index (χ0) is 15.9. The number of halogens is 3. The zero-order valence-corrected chi connectivity index (χ0v) is 12.6. The molecule has 3 nitrogen and oxygen atoms in total. The van der Waals surface area contributed by atoms with E-state index in [1.807, 2.05) is 0 Å². The van der Waals surface area contributed by atoms with Crippen LogP contribution in [-0.2, 0) is 4.84 Å². The summed E-state index contributed by atoms with van der Waals surface area (Å²) in [7, 11) is 0. The Hall–Kier alpha value is -1.47. The summed E-state index contributed by atoms with van der Waals surface area (Å²) in [6.07, 6.45) is -1.60. The van der Waals surface area contributed by atoms with Crippen molar-refractivity contribution >= 4 is 17.5 Å². The molecule has 118 valence electrons. The first-order valence-corrected chi connectivity index (χ1v) is 8.07. The molecule has 1 fully saturated rings. The van der Waals surface area contributed by atoms with Gasteiger partial charge in [0.05, 0.1) is 0 Å². The van der Waals surface area contributed by atoms with Crippen LogP contribution in [0.2, 0.25) is 0 Å². The molecule has 2 aliphatic rings. The Morgan fingerprint density at radius 3 is 2.41 bits per heavy atom. The number of hydrogen-bond donors (Lipinski definition) is 0. The molecule has 1 aromatic carbocycles. The molecule has 0 amide bonds. The maximum Gasteiger partial charge on any atom is 0.418 e. The van der Waals surface area contributed by atoms with Crippen molar-refractivity contribution in [2.75, 3.05) is 6.26 Å². The van der Waals surface area contributed by atoms with Crippen molar-refractivity contribution in [2.45, 2.75) is 31.1 Å². The van der Waals surface area contributed by atoms with Crippen LogP contribution in [0.25, 0.3) is 0 Å². The normalized spacial score (nSPS) is 22.8. The van der Waals surface area contributed by atoms with E-state index in [0.717, 1.165) is 24.6 Å². The Labute approximate surface area is 130 Å². The number of nitrogens with zero attached hydrogens (tertiary/aromatic N) is 1. The van der Waals surface area contributed by atoms with Crippen LogP contribution in [0.4, 0.5) is 13.2 Å². The lowest BCUT2D eigenvalue weighted by atomic mass is 9.97. The first kappa shape index (κ1) is 15.4. The summed E-state index contributed by atoms with van der Waals surface area (Å²) in [4.78, 5) is 18.0. The molecule has 1 saturated carbocycles. The molecule has 0 saturated heterocycles. The molecule has 0 spiro atoms. The second-order valence-corrected chi connectivity index (χ2v) is 6.00. The van der Waals surface area contributed by atoms with Gasteiger partial charge in [-0.1, -0.05) is 42.1 Å². The van der Waals surface area contributed by atoms with E-state index in [1.165, 1.54) is 23.5 Å². The number of ketones is 1. The van der Waals surface area contributed by atoms with Crippen molar-refractivity contribution in [1.29, 1.82) is 0 Å². The van der Waals surface area contributed by atoms with Gasteiger partial charge < -0.3 is 4.84 Å². The van der Waals surface area contributed by atoms with Crippen LogP contribution in [0, 0.1) is 0 Å². The molecule has 1 aliphatic heterocycles. The van der Waals surface area contributed by atoms with Crippen LogP contribution in [0.1, 0.15) is 23.2 Å². The summed E-state index contributed by atoms with van der Waals surface area (Å²) in [6.45, 7) is 0. The summed E-state index contributed by atoms with van der Waals surface area (Å²) in [5, 5.41) is 0.998. The van der Waals surface area contributed by atoms with Gasteiger partial charge in [0.15, 0.2) is 10.9 Å². The monoisotopic (exact) mass is 329 g/mol. The summed E-state index contributed by atoms with van der Waals surface area (Å²) in [5.41, 5.74) is -0.633. The molecule has 1 unspecified atom stereocenters. The lowest BCUT2D eigenvalue weighted by molar-refractivity contribution is -0.120. The number of thioether (sulfide) groups is 1. The summed E-state index contributed by atoms with van der Waals surface area (Å²) in [5.74, 6) is -0.580. The SMILES string of the molecule is CSC1=C(C(F)(F)F)C(C(=O)c2ccccc2)N(C2CC2)O1. The van der Waals surface area contributed by atoms with E-state index in [0.29, 0.717) is 0 Å². The van der Waals surface area contributed by atoms with Crippen molar-refractivity contribution in [3.05, 3.63) is 46.6 Å². The third-order valence-electron chi connectivity index (χ3n) is 3.64. The smallest absolute Gasteiger partial charge is 0.397 e. The predicted octanol–water partition coefficient (Wildman–Crippen LogP) is 3.78. The van der Waals surface area contributed by atoms with E-state index in [2.05, 4.69) is 0 Å². The van der Waals surface area contributed by atoms with Gasteiger partial charge in [-0.25, -0.2) is 0 Å². The number of hydroxylamine groups is 2. The number of carbonyl (C=O) groups excluding carboxylic acids is 1. The van der Waals surface area contributed by atoms with Crippen LogP contribution in [0.3, 0.4) is 0 Å². The van der Waals surface area contributed by atoms with Gasteiger partial charge in [-0.05, 0) is 19.1 Å². The molecule has 0 N–H and O–H groups in total. The first-order chi connectivity index (χ1) is 10.4. The minimum absolute atomic E-state index is 0.125. The second kappa shape index (κ2) is 5.62. The largest absolute Gasteiger partial charge is 0.418 e. The average molecular weight is 329 g/mol. The Bertz CT molecular complexity index is 611. The summed E-state index contributed by atoms with van der Waals surface area (Å²) in [6, 6.07) is 6.50. The number of carbonyl (C=O) groups is 1. The molecule has 1 aliphatic carbocycles. The zero-order valence-electron chi connectivity index (χ0n) is 11.8. The van der Waals surface area contributed by atoms with E-state index in [9.17, 15) is 18.0 Å². The van der Waals surface area contributed by atoms with Gasteiger partial charge in [-0.2, -0.15) is 13.2 Å². The van der Waals surface area contributed by atoms with Gasteiger partial charge in [0, 0.05) is 11.6 Å². The number of alkyl halides is 3. The maximum atomic E-state index is 13.5. The van der Waals surface area contributed by atoms with Gasteiger partial charge in [0.2, 0.25) is 0 Å². The second-order valence-electron chi connectivity index (χ2n) is 5.22. The van der Waals surface area contributed by atoms with E-state index < -0.39 is 23.6 Å². The Balaban J connectivity index is 2.02. The minimum Gasteiger partial charge on any atom is -0.397 e. The highest BCUT2D eigenvalue weighted by molar-refractivity contribution is 8.02. The van der Waals surface area contributed by atoms with E-state index >= 15 is 0 Å². The molecular weight excluding hydrogens is 315 g/mol. The van der Waals surface area contributed by atoms with Gasteiger partial charge in [0.1, 0.15) is 11.6 Å². The standard InChI is InChI=1S/C15H14F3NO2S/c1-22-14-11(15(16,17)18)12(19(21-14)10-7-8-10)13(20)9-5-3-2-4-6-9/h2-6,10,12H,7-8H2,1H3. The third-order valence-corrected chi connectivity index (χ3v) is 4.31. The third kappa shape index (κ3) is 2.75. The van der Waals surface area contributed by atoms with Crippen molar-refractivity contribution < 1.29 is 22.8 Å². The molecule has 22 heavy (non-hydrogen) atoms. The van der Waals surface area contributed by atoms with E-state index in [1.54, 1.807) is 18.2 Å². The van der Waals surface area contributed by atoms with Crippen molar-refractivity contribution in [3.8, 4) is 0 Å². The molecule has 0 radical (unpaired) electrons. The molecular formula is C15H14F3NO2S. The van der Waals surface area contributed by atoms with Crippen LogP contribution in [0.15, 0.2) is 41.0 Å². The van der Waals surface area contributed by atoms with Crippen LogP contribution in [-0.4, -0.2) is 35.4 Å². The molecule has 7 heteroatoms. The number of Topliss-reactive ketones (excluding diaryl/α,β-unsaturated/α-hetero) is 1. The fourth-order valence-electron chi connectivity index (χ4n) is 2.48. The fraction of sp³-hybridized carbons (Fsp3) is 0.400. The highest BCUT2D eigenvalue weighted by Crippen LogP contribution is 2.46. The number of benzene rings is 1. The van der Waals surface area contributed by atoms with Crippen molar-refractivity contribution in [3.63, 3.8) is 0 Å². The highest BCUT2D eigenvalue weighted by Gasteiger charge is 2.55. The molecule has 0 aromatic heterocycles. The Kier molecular flexibility index (Phi) is 3.94. The Morgan fingerprint density at radius 1 is 1.27 bits per heavy atom. The minimum atomic E-state index is -4.60. The first-order valence-electron chi connectivity index (χ1n) is 6.84. The predicted molar refractivity (Wildman–Crippen MR) is 77.1 cm³/mol. The Morgan fingerprint density at radius 2 is 1.91 bits per heavy atom. The molecule has 1 heterocycles. The topological polar surface area (TPSA) is 29.5 Å². The van der Waals surface area contributed by atoms with Gasteiger partial charge in [-0.15, -0.1) is 5.06 Å². The van der Waals surface area contributed by atoms with E-state index in [-0.39, 0.29) is 16.7 Å². The molecule has 1 aromatic rings. The van der Waals surface area contributed by atoms with Crippen molar-refractivity contribution in [2.24, 2.45) is 0 Å². The number of rotatable bonds is 4. The van der Waals surface area contributed by atoms with Gasteiger partial charge in [-0.3, -0.25) is 4.79 Å². The van der Waals surface area contributed by atoms with Crippen molar-refractivity contribution in [1.82, 2.24) is 5.06 Å². The highest BCUT2D eigenvalue weighted by atomic mass is 32.2. The van der Waals surface area contributed by atoms with Crippen LogP contribution >= 0.6 is 11.8 Å². The molecule has 1 atom stereocenters. The average Bonchev–Trinajstić information content (AvgIpc) is 3.26. The quantitative estimate of drug-likeness (QED) is 0.786. The number of hydrogen-bond acceptors (Lipinski definition) is 4. The summed E-state index contributed by atoms with van der Waals surface area (Å²) >= 11 is 0.876. The van der Waals surface area contributed by atoms with Gasteiger partial charge in [0.25, 0.3) is 0 Å². The fourth-order valence-corrected chi connectivity index (χ4v) is 3.08. The molecule has 0 bridgehead atoms. The lowest BCUT2D eigenvalue weighted by Crippen LogP contribution is -2.42. The maximum absolute atomic E-state index is 13.5.